The second-order valence-corrected chi connectivity index (χ2v) is 6.68. The zero-order valence-corrected chi connectivity index (χ0v) is 13.1. The van der Waals surface area contributed by atoms with E-state index in [9.17, 15) is 0 Å². The van der Waals surface area contributed by atoms with E-state index in [1.165, 1.54) is 16.7 Å². The largest absolute Gasteiger partial charge is 0.488 e. The highest BCUT2D eigenvalue weighted by atomic mass is 16.5. The molecule has 0 bridgehead atoms. The minimum Gasteiger partial charge on any atom is -0.488 e. The molecule has 19 heavy (non-hydrogen) atoms. The van der Waals surface area contributed by atoms with Crippen molar-refractivity contribution in [3.8, 4) is 5.75 Å². The average molecular weight is 261 g/mol. The number of hydrogen-bond donors (Lipinski definition) is 1. The van der Waals surface area contributed by atoms with Gasteiger partial charge in [0.2, 0.25) is 0 Å². The standard InChI is InChI=1S/C17H27NO/c1-7-10-18-15-12(3)19-16-13(17(4,5)6)9-8-11(2)14(15)16/h8-9,12,15,18H,7,10H2,1-6H3. The Bertz CT molecular complexity index is 459. The van der Waals surface area contributed by atoms with Crippen LogP contribution in [0.4, 0.5) is 0 Å². The maximum Gasteiger partial charge on any atom is 0.128 e. The molecule has 0 spiro atoms. The summed E-state index contributed by atoms with van der Waals surface area (Å²) in [5.74, 6) is 1.12. The SMILES string of the molecule is CCCNC1c2c(C)ccc(C(C)(C)C)c2OC1C. The van der Waals surface area contributed by atoms with Gasteiger partial charge in [-0.2, -0.15) is 0 Å². The van der Waals surface area contributed by atoms with Crippen LogP contribution in [0.5, 0.6) is 5.75 Å². The summed E-state index contributed by atoms with van der Waals surface area (Å²) in [6.07, 6.45) is 1.36. The summed E-state index contributed by atoms with van der Waals surface area (Å²) in [5.41, 5.74) is 4.15. The second-order valence-electron chi connectivity index (χ2n) is 6.68. The molecule has 2 rings (SSSR count). The van der Waals surface area contributed by atoms with Gasteiger partial charge in [0.1, 0.15) is 11.9 Å². The topological polar surface area (TPSA) is 21.3 Å². The Balaban J connectivity index is 2.46. The van der Waals surface area contributed by atoms with Crippen LogP contribution in [0.25, 0.3) is 0 Å². The van der Waals surface area contributed by atoms with Crippen molar-refractivity contribution in [3.05, 3.63) is 28.8 Å². The number of fused-ring (bicyclic) bond motifs is 1. The zero-order chi connectivity index (χ0) is 14.2. The number of benzene rings is 1. The van der Waals surface area contributed by atoms with Crippen LogP contribution >= 0.6 is 0 Å². The molecule has 0 radical (unpaired) electrons. The fourth-order valence-corrected chi connectivity index (χ4v) is 2.86. The molecule has 1 N–H and O–H groups in total. The van der Waals surface area contributed by atoms with Crippen LogP contribution in [0, 0.1) is 6.92 Å². The smallest absolute Gasteiger partial charge is 0.128 e. The fraction of sp³-hybridized carbons (Fsp3) is 0.647. The van der Waals surface area contributed by atoms with Crippen LogP contribution in [0.3, 0.4) is 0 Å². The monoisotopic (exact) mass is 261 g/mol. The zero-order valence-electron chi connectivity index (χ0n) is 13.1. The van der Waals surface area contributed by atoms with Crippen molar-refractivity contribution in [1.82, 2.24) is 5.32 Å². The summed E-state index contributed by atoms with van der Waals surface area (Å²) in [7, 11) is 0. The minimum atomic E-state index is 0.122. The van der Waals surface area contributed by atoms with Crippen molar-refractivity contribution in [3.63, 3.8) is 0 Å². The van der Waals surface area contributed by atoms with Gasteiger partial charge in [0.05, 0.1) is 6.04 Å². The van der Waals surface area contributed by atoms with E-state index in [0.29, 0.717) is 6.04 Å². The second kappa shape index (κ2) is 5.16. The van der Waals surface area contributed by atoms with E-state index in [1.54, 1.807) is 0 Å². The Labute approximate surface area is 117 Å². The Kier molecular flexibility index (Phi) is 3.91. The molecule has 0 amide bonds. The number of nitrogens with one attached hydrogen (secondary N) is 1. The molecule has 2 heteroatoms. The highest BCUT2D eigenvalue weighted by Gasteiger charge is 2.36. The van der Waals surface area contributed by atoms with Crippen LogP contribution in [-0.4, -0.2) is 12.6 Å². The molecule has 1 heterocycles. The summed E-state index contributed by atoms with van der Waals surface area (Å²) in [4.78, 5) is 0. The van der Waals surface area contributed by atoms with E-state index in [0.717, 1.165) is 18.7 Å². The maximum absolute atomic E-state index is 6.19. The Morgan fingerprint density at radius 1 is 1.26 bits per heavy atom. The van der Waals surface area contributed by atoms with Crippen molar-refractivity contribution in [2.45, 2.75) is 65.5 Å². The van der Waals surface area contributed by atoms with E-state index in [4.69, 9.17) is 4.74 Å². The quantitative estimate of drug-likeness (QED) is 0.884. The Morgan fingerprint density at radius 2 is 1.95 bits per heavy atom. The number of hydrogen-bond acceptors (Lipinski definition) is 2. The third-order valence-electron chi connectivity index (χ3n) is 3.92. The molecular formula is C17H27NO. The first-order valence-corrected chi connectivity index (χ1v) is 7.40. The van der Waals surface area contributed by atoms with Gasteiger partial charge in [0.25, 0.3) is 0 Å². The van der Waals surface area contributed by atoms with E-state index in [2.05, 4.69) is 59.0 Å². The van der Waals surface area contributed by atoms with Crippen LogP contribution in [-0.2, 0) is 5.41 Å². The summed E-state index contributed by atoms with van der Waals surface area (Å²) >= 11 is 0. The van der Waals surface area contributed by atoms with E-state index in [1.807, 2.05) is 0 Å². The van der Waals surface area contributed by atoms with E-state index < -0.39 is 0 Å². The van der Waals surface area contributed by atoms with Gasteiger partial charge in [0, 0.05) is 5.56 Å². The molecule has 1 aromatic carbocycles. The van der Waals surface area contributed by atoms with Crippen molar-refractivity contribution in [1.29, 1.82) is 0 Å². The number of ether oxygens (including phenoxy) is 1. The van der Waals surface area contributed by atoms with Gasteiger partial charge < -0.3 is 10.1 Å². The maximum atomic E-state index is 6.19. The molecule has 0 aromatic heterocycles. The molecule has 0 fully saturated rings. The fourth-order valence-electron chi connectivity index (χ4n) is 2.86. The summed E-state index contributed by atoms with van der Waals surface area (Å²) < 4.78 is 6.19. The first-order valence-electron chi connectivity index (χ1n) is 7.40. The lowest BCUT2D eigenvalue weighted by atomic mass is 9.83. The van der Waals surface area contributed by atoms with Gasteiger partial charge >= 0.3 is 0 Å². The van der Waals surface area contributed by atoms with Gasteiger partial charge in [-0.3, -0.25) is 0 Å². The van der Waals surface area contributed by atoms with Crippen molar-refractivity contribution in [2.24, 2.45) is 0 Å². The minimum absolute atomic E-state index is 0.122. The van der Waals surface area contributed by atoms with E-state index >= 15 is 0 Å². The van der Waals surface area contributed by atoms with Crippen LogP contribution < -0.4 is 10.1 Å². The molecule has 2 atom stereocenters. The van der Waals surface area contributed by atoms with Crippen LogP contribution in [0.2, 0.25) is 0 Å². The highest BCUT2D eigenvalue weighted by molar-refractivity contribution is 5.53. The van der Waals surface area contributed by atoms with Gasteiger partial charge in [0.15, 0.2) is 0 Å². The predicted molar refractivity (Wildman–Crippen MR) is 81.0 cm³/mol. The van der Waals surface area contributed by atoms with Gasteiger partial charge in [-0.1, -0.05) is 39.8 Å². The van der Waals surface area contributed by atoms with Crippen molar-refractivity contribution in [2.75, 3.05) is 6.54 Å². The lowest BCUT2D eigenvalue weighted by molar-refractivity contribution is 0.206. The molecule has 0 saturated carbocycles. The molecule has 2 unspecified atom stereocenters. The predicted octanol–water partition coefficient (Wildman–Crippen LogP) is 4.11. The molecule has 1 aliphatic rings. The third-order valence-corrected chi connectivity index (χ3v) is 3.92. The summed E-state index contributed by atoms with van der Waals surface area (Å²) in [5, 5.41) is 3.63. The molecule has 0 aliphatic carbocycles. The Hall–Kier alpha value is -1.02. The average Bonchev–Trinajstić information content (AvgIpc) is 2.62. The molecule has 0 saturated heterocycles. The first-order chi connectivity index (χ1) is 8.86. The molecular weight excluding hydrogens is 234 g/mol. The van der Waals surface area contributed by atoms with Crippen molar-refractivity contribution >= 4 is 0 Å². The lowest BCUT2D eigenvalue weighted by Gasteiger charge is -2.23. The lowest BCUT2D eigenvalue weighted by Crippen LogP contribution is -2.29. The summed E-state index contributed by atoms with van der Waals surface area (Å²) in [6.45, 7) is 14.3. The molecule has 106 valence electrons. The number of aryl methyl sites for hydroxylation is 1. The van der Waals surface area contributed by atoms with Gasteiger partial charge in [-0.25, -0.2) is 0 Å². The number of rotatable bonds is 3. The Morgan fingerprint density at radius 3 is 2.53 bits per heavy atom. The van der Waals surface area contributed by atoms with Gasteiger partial charge in [-0.15, -0.1) is 0 Å². The summed E-state index contributed by atoms with van der Waals surface area (Å²) in [6, 6.07) is 4.79. The molecule has 2 nitrogen and oxygen atoms in total. The molecule has 1 aromatic rings. The van der Waals surface area contributed by atoms with E-state index in [-0.39, 0.29) is 11.5 Å². The van der Waals surface area contributed by atoms with Crippen LogP contribution in [0.15, 0.2) is 12.1 Å². The van der Waals surface area contributed by atoms with Crippen molar-refractivity contribution < 1.29 is 4.74 Å². The van der Waals surface area contributed by atoms with Gasteiger partial charge in [-0.05, 0) is 43.4 Å². The third kappa shape index (κ3) is 2.64. The normalized spacial score (nSPS) is 22.2. The van der Waals surface area contributed by atoms with Crippen LogP contribution in [0.1, 0.15) is 63.8 Å². The molecule has 1 aliphatic heterocycles. The highest BCUT2D eigenvalue weighted by Crippen LogP contribution is 2.45. The first kappa shape index (κ1) is 14.4.